The van der Waals surface area contributed by atoms with Crippen LogP contribution in [0.25, 0.3) is 0 Å². The van der Waals surface area contributed by atoms with Crippen LogP contribution >= 0.6 is 0 Å². The first-order valence-electron chi connectivity index (χ1n) is 10.7. The van der Waals surface area contributed by atoms with Gasteiger partial charge in [-0.2, -0.15) is 0 Å². The van der Waals surface area contributed by atoms with Crippen LogP contribution in [0.4, 0.5) is 5.95 Å². The fourth-order valence-corrected chi connectivity index (χ4v) is 5.11. The molecule has 0 saturated carbocycles. The van der Waals surface area contributed by atoms with Gasteiger partial charge in [0.25, 0.3) is 0 Å². The molecule has 1 N–H and O–H groups in total. The molecule has 150 valence electrons. The minimum absolute atomic E-state index is 0.468. The SMILES string of the molecule is CCNc1ncc(CN2CCC3(CC2)C[C@H](c2ccccc2)CN(C)C3)cn1. The van der Waals surface area contributed by atoms with Crippen molar-refractivity contribution < 1.29 is 0 Å². The maximum Gasteiger partial charge on any atom is 0.222 e. The molecule has 2 aliphatic rings. The summed E-state index contributed by atoms with van der Waals surface area (Å²) in [5.41, 5.74) is 3.18. The van der Waals surface area contributed by atoms with Crippen molar-refractivity contribution in [1.29, 1.82) is 0 Å². The first-order valence-corrected chi connectivity index (χ1v) is 10.7. The Morgan fingerprint density at radius 3 is 2.50 bits per heavy atom. The largest absolute Gasteiger partial charge is 0.355 e. The van der Waals surface area contributed by atoms with Gasteiger partial charge in [-0.1, -0.05) is 30.3 Å². The van der Waals surface area contributed by atoms with Crippen LogP contribution < -0.4 is 5.32 Å². The summed E-state index contributed by atoms with van der Waals surface area (Å²) in [4.78, 5) is 14.0. The highest BCUT2D eigenvalue weighted by Gasteiger charge is 2.41. The van der Waals surface area contributed by atoms with Crippen LogP contribution in [0.15, 0.2) is 42.7 Å². The summed E-state index contributed by atoms with van der Waals surface area (Å²) in [6.07, 6.45) is 7.84. The number of likely N-dealkylation sites (N-methyl/N-ethyl adjacent to an activating group) is 1. The number of hydrogen-bond donors (Lipinski definition) is 1. The summed E-state index contributed by atoms with van der Waals surface area (Å²) in [7, 11) is 2.30. The van der Waals surface area contributed by atoms with E-state index >= 15 is 0 Å². The van der Waals surface area contributed by atoms with Crippen molar-refractivity contribution in [3.8, 4) is 0 Å². The maximum absolute atomic E-state index is 4.42. The molecule has 0 aliphatic carbocycles. The van der Waals surface area contributed by atoms with Crippen LogP contribution in [-0.2, 0) is 6.54 Å². The van der Waals surface area contributed by atoms with Gasteiger partial charge in [-0.25, -0.2) is 9.97 Å². The van der Waals surface area contributed by atoms with E-state index in [-0.39, 0.29) is 0 Å². The topological polar surface area (TPSA) is 44.3 Å². The van der Waals surface area contributed by atoms with Gasteiger partial charge in [0, 0.05) is 44.1 Å². The Morgan fingerprint density at radius 2 is 1.82 bits per heavy atom. The zero-order chi connectivity index (χ0) is 19.4. The van der Waals surface area contributed by atoms with Crippen LogP contribution in [0.3, 0.4) is 0 Å². The summed E-state index contributed by atoms with van der Waals surface area (Å²) in [6, 6.07) is 11.1. The van der Waals surface area contributed by atoms with E-state index in [4.69, 9.17) is 0 Å². The van der Waals surface area contributed by atoms with Gasteiger partial charge < -0.3 is 10.2 Å². The van der Waals surface area contributed by atoms with Crippen LogP contribution in [0.5, 0.6) is 0 Å². The Bertz CT molecular complexity index is 737. The Labute approximate surface area is 169 Å². The Morgan fingerprint density at radius 1 is 1.11 bits per heavy atom. The number of hydrogen-bond acceptors (Lipinski definition) is 5. The van der Waals surface area contributed by atoms with E-state index < -0.39 is 0 Å². The molecule has 2 fully saturated rings. The van der Waals surface area contributed by atoms with Gasteiger partial charge in [0.15, 0.2) is 0 Å². The number of likely N-dealkylation sites (tertiary alicyclic amines) is 2. The quantitative estimate of drug-likeness (QED) is 0.860. The van der Waals surface area contributed by atoms with Gasteiger partial charge in [-0.15, -0.1) is 0 Å². The fourth-order valence-electron chi connectivity index (χ4n) is 5.11. The van der Waals surface area contributed by atoms with Crippen molar-refractivity contribution >= 4 is 5.95 Å². The van der Waals surface area contributed by atoms with E-state index in [1.165, 1.54) is 56.6 Å². The van der Waals surface area contributed by atoms with Crippen molar-refractivity contribution in [2.24, 2.45) is 5.41 Å². The van der Waals surface area contributed by atoms with E-state index in [1.807, 2.05) is 12.4 Å². The second kappa shape index (κ2) is 8.58. The van der Waals surface area contributed by atoms with Crippen LogP contribution in [0.2, 0.25) is 0 Å². The van der Waals surface area contributed by atoms with Gasteiger partial charge in [0.2, 0.25) is 5.95 Å². The standard InChI is InChI=1S/C23H33N5/c1-3-24-22-25-14-19(15-26-22)16-28-11-9-23(10-12-28)13-21(17-27(2)18-23)20-7-5-4-6-8-20/h4-8,14-15,21H,3,9-13,16-18H2,1-2H3,(H,24,25,26)/t21-/m0/s1. The lowest BCUT2D eigenvalue weighted by atomic mass is 9.68. The van der Waals surface area contributed by atoms with E-state index in [9.17, 15) is 0 Å². The molecule has 0 unspecified atom stereocenters. The third-order valence-electron chi connectivity index (χ3n) is 6.45. The fraction of sp³-hybridized carbons (Fsp3) is 0.565. The summed E-state index contributed by atoms with van der Waals surface area (Å²) < 4.78 is 0. The van der Waals surface area contributed by atoms with Crippen LogP contribution in [0.1, 0.15) is 43.2 Å². The smallest absolute Gasteiger partial charge is 0.222 e. The molecule has 2 aromatic rings. The lowest BCUT2D eigenvalue weighted by Gasteiger charge is -2.49. The number of rotatable bonds is 5. The molecule has 28 heavy (non-hydrogen) atoms. The molecule has 5 nitrogen and oxygen atoms in total. The van der Waals surface area contributed by atoms with Gasteiger partial charge in [0.1, 0.15) is 0 Å². The molecule has 1 aromatic heterocycles. The van der Waals surface area contributed by atoms with Gasteiger partial charge >= 0.3 is 0 Å². The lowest BCUT2D eigenvalue weighted by molar-refractivity contribution is 0.0218. The summed E-state index contributed by atoms with van der Waals surface area (Å²) >= 11 is 0. The molecule has 1 spiro atoms. The van der Waals surface area contributed by atoms with Crippen LogP contribution in [-0.4, -0.2) is 59.5 Å². The molecule has 0 amide bonds. The summed E-state index contributed by atoms with van der Waals surface area (Å²) in [6.45, 7) is 8.64. The average molecular weight is 380 g/mol. The molecule has 0 radical (unpaired) electrons. The number of aromatic nitrogens is 2. The molecule has 1 aromatic carbocycles. The van der Waals surface area contributed by atoms with E-state index in [1.54, 1.807) is 0 Å². The van der Waals surface area contributed by atoms with Crippen molar-refractivity contribution in [1.82, 2.24) is 19.8 Å². The highest BCUT2D eigenvalue weighted by atomic mass is 15.2. The van der Waals surface area contributed by atoms with Gasteiger partial charge in [-0.05, 0) is 63.2 Å². The molecule has 2 saturated heterocycles. The van der Waals surface area contributed by atoms with Crippen molar-refractivity contribution in [2.75, 3.05) is 45.1 Å². The molecule has 3 heterocycles. The third-order valence-corrected chi connectivity index (χ3v) is 6.45. The lowest BCUT2D eigenvalue weighted by Crippen LogP contribution is -2.50. The van der Waals surface area contributed by atoms with Gasteiger partial charge in [-0.3, -0.25) is 4.90 Å². The third kappa shape index (κ3) is 4.53. The minimum Gasteiger partial charge on any atom is -0.355 e. The summed E-state index contributed by atoms with van der Waals surface area (Å²) in [5.74, 6) is 1.39. The molecular formula is C23H33N5. The average Bonchev–Trinajstić information content (AvgIpc) is 2.72. The zero-order valence-corrected chi connectivity index (χ0v) is 17.3. The normalized spacial score (nSPS) is 23.0. The monoisotopic (exact) mass is 379 g/mol. The molecule has 5 heteroatoms. The van der Waals surface area contributed by atoms with Crippen molar-refractivity contribution in [2.45, 2.75) is 38.6 Å². The molecular weight excluding hydrogens is 346 g/mol. The Balaban J connectivity index is 1.35. The van der Waals surface area contributed by atoms with E-state index in [2.05, 4.69) is 69.4 Å². The number of nitrogens with one attached hydrogen (secondary N) is 1. The first kappa shape index (κ1) is 19.3. The number of benzene rings is 1. The molecule has 0 bridgehead atoms. The number of anilines is 1. The highest BCUT2D eigenvalue weighted by Crippen LogP contribution is 2.44. The zero-order valence-electron chi connectivity index (χ0n) is 17.3. The Kier molecular flexibility index (Phi) is 5.93. The number of piperidine rings is 2. The predicted octanol–water partition coefficient (Wildman–Crippen LogP) is 3.61. The number of nitrogens with zero attached hydrogens (tertiary/aromatic N) is 4. The minimum atomic E-state index is 0.468. The van der Waals surface area contributed by atoms with E-state index in [0.717, 1.165) is 19.0 Å². The predicted molar refractivity (Wildman–Crippen MR) is 114 cm³/mol. The Hall–Kier alpha value is -1.98. The summed E-state index contributed by atoms with van der Waals surface area (Å²) in [5, 5.41) is 3.16. The molecule has 1 atom stereocenters. The van der Waals surface area contributed by atoms with Gasteiger partial charge in [0.05, 0.1) is 0 Å². The second-order valence-electron chi connectivity index (χ2n) is 8.73. The molecule has 2 aliphatic heterocycles. The van der Waals surface area contributed by atoms with Crippen molar-refractivity contribution in [3.63, 3.8) is 0 Å². The van der Waals surface area contributed by atoms with E-state index in [0.29, 0.717) is 11.3 Å². The maximum atomic E-state index is 4.42. The molecule has 4 rings (SSSR count). The second-order valence-corrected chi connectivity index (χ2v) is 8.73. The van der Waals surface area contributed by atoms with Crippen molar-refractivity contribution in [3.05, 3.63) is 53.9 Å². The highest BCUT2D eigenvalue weighted by molar-refractivity contribution is 5.24. The first-order chi connectivity index (χ1) is 13.7. The van der Waals surface area contributed by atoms with Crippen LogP contribution in [0, 0.1) is 5.41 Å².